The van der Waals surface area contributed by atoms with Gasteiger partial charge < -0.3 is 19.1 Å². The van der Waals surface area contributed by atoms with Gasteiger partial charge in [0.25, 0.3) is 0 Å². The van der Waals surface area contributed by atoms with E-state index in [0.717, 1.165) is 41.3 Å². The molecule has 0 radical (unpaired) electrons. The van der Waals surface area contributed by atoms with Gasteiger partial charge in [-0.25, -0.2) is 4.79 Å². The van der Waals surface area contributed by atoms with Crippen molar-refractivity contribution in [2.75, 3.05) is 12.0 Å². The van der Waals surface area contributed by atoms with Crippen molar-refractivity contribution in [2.24, 2.45) is 0 Å². The van der Waals surface area contributed by atoms with Crippen molar-refractivity contribution in [3.8, 4) is 11.5 Å². The fourth-order valence-corrected chi connectivity index (χ4v) is 4.23. The maximum absolute atomic E-state index is 12.5. The minimum Gasteiger partial charge on any atom is -0.493 e. The highest BCUT2D eigenvalue weighted by Gasteiger charge is 2.21. The van der Waals surface area contributed by atoms with Crippen molar-refractivity contribution in [1.82, 2.24) is 4.98 Å². The van der Waals surface area contributed by atoms with E-state index >= 15 is 0 Å². The third-order valence-electron chi connectivity index (χ3n) is 5.96. The summed E-state index contributed by atoms with van der Waals surface area (Å²) in [6, 6.07) is 17.5. The Hall–Kier alpha value is -3.54. The lowest BCUT2D eigenvalue weighted by molar-refractivity contribution is 0.00695. The molecule has 0 atom stereocenters. The van der Waals surface area contributed by atoms with Crippen LogP contribution >= 0.6 is 0 Å². The van der Waals surface area contributed by atoms with E-state index in [1.165, 1.54) is 12.8 Å². The first-order chi connectivity index (χ1) is 16.8. The Morgan fingerprint density at radius 2 is 1.60 bits per heavy atom. The Labute approximate surface area is 207 Å². The van der Waals surface area contributed by atoms with Gasteiger partial charge in [0.05, 0.1) is 18.8 Å². The lowest BCUT2D eigenvalue weighted by Crippen LogP contribution is -2.24. The Morgan fingerprint density at radius 1 is 0.943 bits per heavy atom. The second-order valence-corrected chi connectivity index (χ2v) is 9.85. The number of hydrogen-bond donors (Lipinski definition) is 0. The molecule has 1 heterocycles. The summed E-state index contributed by atoms with van der Waals surface area (Å²) in [6.45, 7) is 6.23. The summed E-state index contributed by atoms with van der Waals surface area (Å²) < 4.78 is 17.5. The molecule has 0 N–H and O–H groups in total. The first kappa shape index (κ1) is 24.6. The van der Waals surface area contributed by atoms with Gasteiger partial charge in [-0.05, 0) is 101 Å². The van der Waals surface area contributed by atoms with E-state index in [9.17, 15) is 4.79 Å². The predicted molar refractivity (Wildman–Crippen MR) is 138 cm³/mol. The fraction of sp³-hybridized carbons (Fsp3) is 0.379. The number of anilines is 2. The Morgan fingerprint density at radius 3 is 2.23 bits per heavy atom. The normalized spacial score (nSPS) is 13.9. The first-order valence-electron chi connectivity index (χ1n) is 12.2. The maximum Gasteiger partial charge on any atom is 0.338 e. The summed E-state index contributed by atoms with van der Waals surface area (Å²) in [7, 11) is 1.67. The van der Waals surface area contributed by atoms with Crippen molar-refractivity contribution < 1.29 is 19.0 Å². The molecule has 1 aliphatic carbocycles. The molecule has 6 heteroatoms. The van der Waals surface area contributed by atoms with Gasteiger partial charge in [-0.3, -0.25) is 4.98 Å². The molecule has 1 aromatic heterocycles. The van der Waals surface area contributed by atoms with E-state index in [2.05, 4.69) is 9.88 Å². The Bertz CT molecular complexity index is 1120. The van der Waals surface area contributed by atoms with Gasteiger partial charge in [0.1, 0.15) is 5.60 Å². The molecule has 6 nitrogen and oxygen atoms in total. The van der Waals surface area contributed by atoms with Crippen LogP contribution in [0.2, 0.25) is 0 Å². The summed E-state index contributed by atoms with van der Waals surface area (Å²) in [6.07, 6.45) is 8.35. The number of aromatic nitrogens is 1. The molecule has 3 aromatic rings. The zero-order chi connectivity index (χ0) is 24.8. The Kier molecular flexibility index (Phi) is 7.59. The molecule has 0 bridgehead atoms. The van der Waals surface area contributed by atoms with Crippen molar-refractivity contribution in [2.45, 2.75) is 64.7 Å². The third kappa shape index (κ3) is 6.53. The maximum atomic E-state index is 12.5. The van der Waals surface area contributed by atoms with E-state index in [1.807, 2.05) is 75.4 Å². The van der Waals surface area contributed by atoms with Gasteiger partial charge in [-0.15, -0.1) is 0 Å². The number of rotatable bonds is 8. The highest BCUT2D eigenvalue weighted by atomic mass is 16.6. The average Bonchev–Trinajstić information content (AvgIpc) is 3.35. The van der Waals surface area contributed by atoms with Gasteiger partial charge in [0.2, 0.25) is 0 Å². The van der Waals surface area contributed by atoms with Gasteiger partial charge in [0, 0.05) is 36.4 Å². The molecule has 2 aromatic carbocycles. The molecule has 0 aliphatic heterocycles. The molecule has 0 spiro atoms. The molecule has 184 valence electrons. The van der Waals surface area contributed by atoms with Crippen LogP contribution in [0.5, 0.6) is 11.5 Å². The molecule has 0 unspecified atom stereocenters. The molecule has 1 saturated carbocycles. The third-order valence-corrected chi connectivity index (χ3v) is 5.96. The molecule has 1 fully saturated rings. The smallest absolute Gasteiger partial charge is 0.338 e. The topological polar surface area (TPSA) is 60.9 Å². The summed E-state index contributed by atoms with van der Waals surface area (Å²) >= 11 is 0. The van der Waals surface area contributed by atoms with Crippen LogP contribution in [0.25, 0.3) is 0 Å². The van der Waals surface area contributed by atoms with Crippen molar-refractivity contribution in [3.05, 3.63) is 78.1 Å². The summed E-state index contributed by atoms with van der Waals surface area (Å²) in [5, 5.41) is 0. The quantitative estimate of drug-likeness (QED) is 0.338. The lowest BCUT2D eigenvalue weighted by Gasteiger charge is -2.27. The second kappa shape index (κ2) is 10.8. The number of methoxy groups -OCH3 is 1. The standard InChI is InChI=1S/C29H34N2O4/c1-29(2,3)35-28(32)22-9-11-23(12-10-22)31(20-21-15-17-30-18-16-21)24-13-14-26(33-4)27(19-24)34-25-7-5-6-8-25/h9-19,25H,5-8,20H2,1-4H3. The second-order valence-electron chi connectivity index (χ2n) is 9.85. The van der Waals surface area contributed by atoms with Crippen LogP contribution in [0, 0.1) is 0 Å². The summed E-state index contributed by atoms with van der Waals surface area (Å²) in [5.41, 5.74) is 3.02. The molecule has 35 heavy (non-hydrogen) atoms. The minimum atomic E-state index is -0.540. The van der Waals surface area contributed by atoms with Crippen LogP contribution < -0.4 is 14.4 Å². The van der Waals surface area contributed by atoms with E-state index in [-0.39, 0.29) is 12.1 Å². The highest BCUT2D eigenvalue weighted by Crippen LogP contribution is 2.38. The zero-order valence-electron chi connectivity index (χ0n) is 21.0. The minimum absolute atomic E-state index is 0.223. The lowest BCUT2D eigenvalue weighted by atomic mass is 10.1. The van der Waals surface area contributed by atoms with Crippen LogP contribution in [0.4, 0.5) is 11.4 Å². The number of benzene rings is 2. The van der Waals surface area contributed by atoms with Crippen molar-refractivity contribution in [3.63, 3.8) is 0 Å². The SMILES string of the molecule is COc1ccc(N(Cc2ccncc2)c2ccc(C(=O)OC(C)(C)C)cc2)cc1OC1CCCC1. The van der Waals surface area contributed by atoms with Crippen LogP contribution in [-0.4, -0.2) is 29.8 Å². The molecular weight excluding hydrogens is 440 g/mol. The van der Waals surface area contributed by atoms with Gasteiger partial charge in [-0.2, -0.15) is 0 Å². The van der Waals surface area contributed by atoms with Gasteiger partial charge in [-0.1, -0.05) is 0 Å². The summed E-state index contributed by atoms with van der Waals surface area (Å²) in [5.74, 6) is 1.15. The zero-order valence-corrected chi connectivity index (χ0v) is 21.0. The van der Waals surface area contributed by atoms with Gasteiger partial charge >= 0.3 is 5.97 Å². The van der Waals surface area contributed by atoms with Crippen molar-refractivity contribution in [1.29, 1.82) is 0 Å². The van der Waals surface area contributed by atoms with E-state index in [1.54, 1.807) is 19.5 Å². The predicted octanol–water partition coefficient (Wildman–Crippen LogP) is 6.71. The Balaban J connectivity index is 1.66. The van der Waals surface area contributed by atoms with E-state index < -0.39 is 5.60 Å². The fourth-order valence-electron chi connectivity index (χ4n) is 4.23. The average molecular weight is 475 g/mol. The number of pyridine rings is 1. The molecule has 0 amide bonds. The highest BCUT2D eigenvalue weighted by molar-refractivity contribution is 5.90. The van der Waals surface area contributed by atoms with E-state index in [0.29, 0.717) is 12.1 Å². The number of carbonyl (C=O) groups excluding carboxylic acids is 1. The van der Waals surface area contributed by atoms with Crippen LogP contribution in [0.15, 0.2) is 67.0 Å². The molecule has 1 aliphatic rings. The number of ether oxygens (including phenoxy) is 3. The summed E-state index contributed by atoms with van der Waals surface area (Å²) in [4.78, 5) is 18.8. The number of esters is 1. The van der Waals surface area contributed by atoms with E-state index in [4.69, 9.17) is 14.2 Å². The van der Waals surface area contributed by atoms with Crippen LogP contribution in [0.3, 0.4) is 0 Å². The number of nitrogens with zero attached hydrogens (tertiary/aromatic N) is 2. The molecule has 0 saturated heterocycles. The van der Waals surface area contributed by atoms with Crippen LogP contribution in [0.1, 0.15) is 62.4 Å². The number of carbonyl (C=O) groups is 1. The molecular formula is C29H34N2O4. The number of hydrogen-bond acceptors (Lipinski definition) is 6. The monoisotopic (exact) mass is 474 g/mol. The van der Waals surface area contributed by atoms with Gasteiger partial charge in [0.15, 0.2) is 11.5 Å². The largest absolute Gasteiger partial charge is 0.493 e. The molecule has 4 rings (SSSR count). The van der Waals surface area contributed by atoms with Crippen molar-refractivity contribution >= 4 is 17.3 Å². The first-order valence-corrected chi connectivity index (χ1v) is 12.2. The van der Waals surface area contributed by atoms with Crippen LogP contribution in [-0.2, 0) is 11.3 Å².